The topological polar surface area (TPSA) is 78.7 Å². The van der Waals surface area contributed by atoms with Gasteiger partial charge < -0.3 is 9.47 Å². The molecule has 2 aromatic carbocycles. The van der Waals surface area contributed by atoms with Crippen LogP contribution in [0.4, 0.5) is 18.9 Å². The number of hydrogen-bond donors (Lipinski definition) is 0. The van der Waals surface area contributed by atoms with Crippen molar-refractivity contribution in [2.24, 2.45) is 0 Å². The molecule has 0 spiro atoms. The molecule has 0 saturated carbocycles. The van der Waals surface area contributed by atoms with Gasteiger partial charge in [-0.2, -0.15) is 13.2 Å². The summed E-state index contributed by atoms with van der Waals surface area (Å²) in [7, 11) is 0.891. The Balaban J connectivity index is 2.52. The highest BCUT2D eigenvalue weighted by atomic mass is 19.4. The number of hydrogen-bond acceptors (Lipinski definition) is 5. The second kappa shape index (κ2) is 7.87. The molecular formula is C19H18F3NO5. The summed E-state index contributed by atoms with van der Waals surface area (Å²) in [6.45, 7) is 3.20. The lowest BCUT2D eigenvalue weighted by Gasteiger charge is -2.27. The summed E-state index contributed by atoms with van der Waals surface area (Å²) in [6.07, 6.45) is -4.63. The second-order valence-corrected chi connectivity index (χ2v) is 6.64. The molecule has 0 aliphatic carbocycles. The number of ether oxygens (including phenoxy) is 2. The first kappa shape index (κ1) is 21.2. The zero-order valence-electron chi connectivity index (χ0n) is 15.4. The molecule has 0 N–H and O–H groups in total. The van der Waals surface area contributed by atoms with Gasteiger partial charge in [0.15, 0.2) is 5.75 Å². The average Bonchev–Trinajstić information content (AvgIpc) is 2.59. The van der Waals surface area contributed by atoms with Gasteiger partial charge in [0.1, 0.15) is 5.60 Å². The number of alkyl halides is 3. The van der Waals surface area contributed by atoms with Crippen LogP contribution in [0.3, 0.4) is 0 Å². The number of nitrogens with zero attached hydrogens (tertiary/aromatic N) is 1. The predicted molar refractivity (Wildman–Crippen MR) is 94.3 cm³/mol. The number of rotatable bonds is 6. The smallest absolute Gasteiger partial charge is 0.417 e. The third kappa shape index (κ3) is 4.99. The SMILES string of the molecule is COC(=O)c1cc([N+](=O)[O-])c(OC(C)(C)Cc2ccccc2)cc1C(F)(F)F. The predicted octanol–water partition coefficient (Wildman–Crippen LogP) is 4.80. The number of nitro benzene ring substituents is 1. The van der Waals surface area contributed by atoms with Crippen LogP contribution in [0.1, 0.15) is 35.3 Å². The molecule has 150 valence electrons. The minimum atomic E-state index is -4.93. The average molecular weight is 397 g/mol. The number of nitro groups is 1. The molecular weight excluding hydrogens is 379 g/mol. The van der Waals surface area contributed by atoms with Gasteiger partial charge in [-0.05, 0) is 19.4 Å². The molecule has 0 aliphatic rings. The third-order valence-corrected chi connectivity index (χ3v) is 3.87. The molecule has 9 heteroatoms. The summed E-state index contributed by atoms with van der Waals surface area (Å²) in [5.74, 6) is -1.91. The summed E-state index contributed by atoms with van der Waals surface area (Å²) < 4.78 is 50.1. The van der Waals surface area contributed by atoms with E-state index in [1.54, 1.807) is 38.1 Å². The Bertz CT molecular complexity index is 879. The Morgan fingerprint density at radius 3 is 2.25 bits per heavy atom. The highest BCUT2D eigenvalue weighted by Gasteiger charge is 2.39. The van der Waals surface area contributed by atoms with Gasteiger partial charge in [0.25, 0.3) is 0 Å². The lowest BCUT2D eigenvalue weighted by Crippen LogP contribution is -2.31. The van der Waals surface area contributed by atoms with E-state index in [0.717, 1.165) is 12.7 Å². The number of halogens is 3. The van der Waals surface area contributed by atoms with Crippen LogP contribution < -0.4 is 4.74 Å². The van der Waals surface area contributed by atoms with Crippen molar-refractivity contribution >= 4 is 11.7 Å². The van der Waals surface area contributed by atoms with Crippen LogP contribution in [0.2, 0.25) is 0 Å². The summed E-state index contributed by atoms with van der Waals surface area (Å²) >= 11 is 0. The van der Waals surface area contributed by atoms with E-state index in [9.17, 15) is 28.1 Å². The van der Waals surface area contributed by atoms with Crippen LogP contribution in [-0.2, 0) is 17.3 Å². The van der Waals surface area contributed by atoms with Crippen molar-refractivity contribution in [1.29, 1.82) is 0 Å². The summed E-state index contributed by atoms with van der Waals surface area (Å²) in [4.78, 5) is 22.2. The van der Waals surface area contributed by atoms with Crippen molar-refractivity contribution in [3.8, 4) is 5.75 Å². The molecule has 0 aliphatic heterocycles. The van der Waals surface area contributed by atoms with Crippen molar-refractivity contribution in [3.05, 3.63) is 69.3 Å². The van der Waals surface area contributed by atoms with E-state index in [1.165, 1.54) is 0 Å². The summed E-state index contributed by atoms with van der Waals surface area (Å²) in [5.41, 5.74) is -3.28. The standard InChI is InChI=1S/C19H18F3NO5/c1-18(2,11-12-7-5-4-6-8-12)28-16-10-14(19(20,21)22)13(17(24)27-3)9-15(16)23(25)26/h4-10H,11H2,1-3H3. The molecule has 0 atom stereocenters. The molecule has 0 saturated heterocycles. The van der Waals surface area contributed by atoms with E-state index in [-0.39, 0.29) is 0 Å². The number of methoxy groups -OCH3 is 1. The third-order valence-electron chi connectivity index (χ3n) is 3.87. The first-order valence-electron chi connectivity index (χ1n) is 8.15. The molecule has 2 aromatic rings. The van der Waals surface area contributed by atoms with Gasteiger partial charge in [0.05, 0.1) is 23.2 Å². The molecule has 2 rings (SSSR count). The first-order valence-corrected chi connectivity index (χ1v) is 8.15. The van der Waals surface area contributed by atoms with E-state index in [4.69, 9.17) is 4.74 Å². The van der Waals surface area contributed by atoms with Gasteiger partial charge in [-0.15, -0.1) is 0 Å². The maximum atomic E-state index is 13.4. The molecule has 6 nitrogen and oxygen atoms in total. The second-order valence-electron chi connectivity index (χ2n) is 6.64. The Hall–Kier alpha value is -3.10. The zero-order chi connectivity index (χ0) is 21.1. The van der Waals surface area contributed by atoms with Gasteiger partial charge >= 0.3 is 17.8 Å². The molecule has 0 fully saturated rings. The van der Waals surface area contributed by atoms with Crippen LogP contribution in [0.25, 0.3) is 0 Å². The van der Waals surface area contributed by atoms with E-state index < -0.39 is 45.2 Å². The minimum absolute atomic E-state index is 0.297. The molecule has 0 heterocycles. The lowest BCUT2D eigenvalue weighted by molar-refractivity contribution is -0.386. The van der Waals surface area contributed by atoms with Crippen LogP contribution in [-0.4, -0.2) is 23.6 Å². The Kier molecular flexibility index (Phi) is 5.96. The quantitative estimate of drug-likeness (QED) is 0.397. The Morgan fingerprint density at radius 1 is 1.14 bits per heavy atom. The maximum Gasteiger partial charge on any atom is 0.417 e. The van der Waals surface area contributed by atoms with Crippen molar-refractivity contribution in [2.75, 3.05) is 7.11 Å². The van der Waals surface area contributed by atoms with Crippen molar-refractivity contribution in [3.63, 3.8) is 0 Å². The minimum Gasteiger partial charge on any atom is -0.480 e. The molecule has 0 aromatic heterocycles. The van der Waals surface area contributed by atoms with E-state index in [0.29, 0.717) is 18.6 Å². The van der Waals surface area contributed by atoms with Gasteiger partial charge in [-0.1, -0.05) is 30.3 Å². The summed E-state index contributed by atoms with van der Waals surface area (Å²) in [5, 5.41) is 11.4. The number of carbonyl (C=O) groups excluding carboxylic acids is 1. The normalized spacial score (nSPS) is 11.8. The molecule has 0 unspecified atom stereocenters. The molecule has 0 radical (unpaired) electrons. The van der Waals surface area contributed by atoms with Gasteiger partial charge in [-0.25, -0.2) is 4.79 Å². The van der Waals surface area contributed by atoms with Crippen molar-refractivity contribution < 1.29 is 32.4 Å². The van der Waals surface area contributed by atoms with Gasteiger partial charge in [0.2, 0.25) is 0 Å². The van der Waals surface area contributed by atoms with E-state index >= 15 is 0 Å². The molecule has 28 heavy (non-hydrogen) atoms. The fourth-order valence-electron chi connectivity index (χ4n) is 2.73. The van der Waals surface area contributed by atoms with E-state index in [1.807, 2.05) is 6.07 Å². The lowest BCUT2D eigenvalue weighted by atomic mass is 9.98. The number of benzene rings is 2. The van der Waals surface area contributed by atoms with E-state index in [2.05, 4.69) is 4.74 Å². The zero-order valence-corrected chi connectivity index (χ0v) is 15.4. The maximum absolute atomic E-state index is 13.4. The van der Waals surface area contributed by atoms with Crippen LogP contribution in [0.15, 0.2) is 42.5 Å². The number of esters is 1. The van der Waals surface area contributed by atoms with Gasteiger partial charge in [-0.3, -0.25) is 10.1 Å². The highest BCUT2D eigenvalue weighted by Crippen LogP contribution is 2.40. The Morgan fingerprint density at radius 2 is 1.75 bits per heavy atom. The van der Waals surface area contributed by atoms with Crippen LogP contribution in [0, 0.1) is 10.1 Å². The van der Waals surface area contributed by atoms with Crippen molar-refractivity contribution in [1.82, 2.24) is 0 Å². The van der Waals surface area contributed by atoms with Crippen LogP contribution >= 0.6 is 0 Å². The fraction of sp³-hybridized carbons (Fsp3) is 0.316. The fourth-order valence-corrected chi connectivity index (χ4v) is 2.73. The largest absolute Gasteiger partial charge is 0.480 e. The summed E-state index contributed by atoms with van der Waals surface area (Å²) in [6, 6.07) is 10.0. The van der Waals surface area contributed by atoms with Gasteiger partial charge in [0, 0.05) is 18.6 Å². The highest BCUT2D eigenvalue weighted by molar-refractivity contribution is 5.92. The molecule has 0 bridgehead atoms. The number of carbonyl (C=O) groups is 1. The first-order chi connectivity index (χ1) is 12.9. The van der Waals surface area contributed by atoms with Crippen molar-refractivity contribution in [2.45, 2.75) is 32.0 Å². The Labute approximate surface area is 159 Å². The van der Waals surface area contributed by atoms with Crippen LogP contribution in [0.5, 0.6) is 5.75 Å². The monoisotopic (exact) mass is 397 g/mol. The molecule has 0 amide bonds.